The topological polar surface area (TPSA) is 89.0 Å². The maximum absolute atomic E-state index is 12.6. The van der Waals surface area contributed by atoms with Crippen LogP contribution in [0.4, 0.5) is 4.79 Å². The number of carbonyl (C=O) groups is 2. The zero-order valence-corrected chi connectivity index (χ0v) is 21.8. The molecule has 0 saturated carbocycles. The molecule has 1 aliphatic heterocycles. The maximum Gasteiger partial charge on any atom is 0.409 e. The van der Waals surface area contributed by atoms with Crippen LogP contribution in [0.3, 0.4) is 0 Å². The maximum atomic E-state index is 12.6. The van der Waals surface area contributed by atoms with Crippen LogP contribution in [-0.4, -0.2) is 59.5 Å². The summed E-state index contributed by atoms with van der Waals surface area (Å²) in [5.74, 6) is -0.468. The van der Waals surface area contributed by atoms with E-state index in [9.17, 15) is 14.7 Å². The highest BCUT2D eigenvalue weighted by molar-refractivity contribution is 5.70. The number of rotatable bonds is 5. The lowest BCUT2D eigenvalue weighted by molar-refractivity contribution is -0.151. The number of nitrogens with zero attached hydrogens (tertiary/aromatic N) is 2. The molecule has 1 unspecified atom stereocenters. The van der Waals surface area contributed by atoms with Crippen molar-refractivity contribution in [3.05, 3.63) is 66.0 Å². The van der Waals surface area contributed by atoms with Gasteiger partial charge in [-0.1, -0.05) is 51.1 Å². The first-order chi connectivity index (χ1) is 16.6. The summed E-state index contributed by atoms with van der Waals surface area (Å²) in [5.41, 5.74) is 1.85. The van der Waals surface area contributed by atoms with E-state index in [0.717, 1.165) is 11.3 Å². The van der Waals surface area contributed by atoms with Crippen LogP contribution < -0.4 is 0 Å². The van der Waals surface area contributed by atoms with Gasteiger partial charge in [0, 0.05) is 37.8 Å². The van der Waals surface area contributed by atoms with Crippen LogP contribution in [0.1, 0.15) is 58.6 Å². The first-order valence-electron chi connectivity index (χ1n) is 12.3. The second-order valence-electron chi connectivity index (χ2n) is 9.65. The Kier molecular flexibility index (Phi) is 11.2. The fraction of sp³-hybridized carbons (Fsp3) is 0.536. The summed E-state index contributed by atoms with van der Waals surface area (Å²) in [5, 5.41) is 10.4. The van der Waals surface area contributed by atoms with E-state index in [2.05, 4.69) is 11.9 Å². The van der Waals surface area contributed by atoms with Crippen molar-refractivity contribution >= 4 is 12.1 Å². The highest BCUT2D eigenvalue weighted by Gasteiger charge is 2.27. The fourth-order valence-electron chi connectivity index (χ4n) is 3.88. The molecule has 1 aromatic heterocycles. The van der Waals surface area contributed by atoms with Crippen molar-refractivity contribution in [2.75, 3.05) is 14.1 Å². The van der Waals surface area contributed by atoms with Gasteiger partial charge in [0.1, 0.15) is 12.2 Å². The Bertz CT molecular complexity index is 909. The van der Waals surface area contributed by atoms with Crippen molar-refractivity contribution in [1.29, 1.82) is 0 Å². The quantitative estimate of drug-likeness (QED) is 0.358. The Morgan fingerprint density at radius 1 is 1.26 bits per heavy atom. The van der Waals surface area contributed by atoms with E-state index in [4.69, 9.17) is 9.47 Å². The molecule has 0 aliphatic carbocycles. The van der Waals surface area contributed by atoms with E-state index in [1.165, 1.54) is 4.90 Å². The lowest BCUT2D eigenvalue weighted by Crippen LogP contribution is -2.32. The number of carbonyl (C=O) groups excluding carboxylic acids is 2. The number of hydrogen-bond acceptors (Lipinski definition) is 6. The number of hydrogen-bond donors (Lipinski definition) is 1. The van der Waals surface area contributed by atoms with Crippen LogP contribution in [0.2, 0.25) is 0 Å². The van der Waals surface area contributed by atoms with E-state index >= 15 is 0 Å². The van der Waals surface area contributed by atoms with Crippen LogP contribution in [0.5, 0.6) is 0 Å². The molecule has 35 heavy (non-hydrogen) atoms. The molecule has 2 rings (SSSR count). The SMILES string of the molecule is C/C(=C\C=C\C(C)c1ccccn1)[C@H]1OC(=O)C[C@@H](O)CC[C@@H](C)[C@@H](OC(=O)N(C)C)/C=C/[C@@H]1C. The summed E-state index contributed by atoms with van der Waals surface area (Å²) in [6.45, 7) is 7.94. The molecule has 0 spiro atoms. The van der Waals surface area contributed by atoms with Gasteiger partial charge < -0.3 is 19.5 Å². The zero-order valence-electron chi connectivity index (χ0n) is 21.8. The average molecular weight is 485 g/mol. The molecule has 1 amide bonds. The molecule has 0 fully saturated rings. The Labute approximate surface area is 209 Å². The zero-order chi connectivity index (χ0) is 26.0. The smallest absolute Gasteiger partial charge is 0.409 e. The van der Waals surface area contributed by atoms with Gasteiger partial charge in [0.2, 0.25) is 0 Å². The predicted molar refractivity (Wildman–Crippen MR) is 137 cm³/mol. The number of amides is 1. The Balaban J connectivity index is 2.25. The molecule has 0 saturated heterocycles. The van der Waals surface area contributed by atoms with Crippen molar-refractivity contribution in [2.24, 2.45) is 11.8 Å². The lowest BCUT2D eigenvalue weighted by Gasteiger charge is -2.27. The standard InChI is InChI=1S/C28H40N2O5/c1-19(24-12-7-8-17-29-24)10-9-11-21(3)27-22(4)14-16-25(34-28(33)30(5)6)20(2)13-15-23(31)18-26(32)35-27/h7-12,14,16-17,19-20,22-23,25,27,31H,13,15,18H2,1-6H3/b10-9+,16-14+,21-11+/t19?,20-,22+,23+,25+,27-/m1/s1. The van der Waals surface area contributed by atoms with Gasteiger partial charge in [-0.2, -0.15) is 0 Å². The van der Waals surface area contributed by atoms with E-state index in [1.807, 2.05) is 69.4 Å². The third-order valence-electron chi connectivity index (χ3n) is 6.22. The number of esters is 1. The van der Waals surface area contributed by atoms with Crippen LogP contribution in [0.15, 0.2) is 60.3 Å². The Morgan fingerprint density at radius 2 is 2.00 bits per heavy atom. The van der Waals surface area contributed by atoms with Crippen molar-refractivity contribution in [1.82, 2.24) is 9.88 Å². The molecule has 1 aliphatic rings. The van der Waals surface area contributed by atoms with Crippen molar-refractivity contribution < 1.29 is 24.2 Å². The van der Waals surface area contributed by atoms with Gasteiger partial charge in [0.05, 0.1) is 12.5 Å². The second kappa shape index (κ2) is 13.8. The summed E-state index contributed by atoms with van der Waals surface area (Å²) < 4.78 is 11.5. The van der Waals surface area contributed by atoms with Gasteiger partial charge in [-0.25, -0.2) is 4.79 Å². The summed E-state index contributed by atoms with van der Waals surface area (Å²) in [4.78, 5) is 30.5. The first kappa shape index (κ1) is 28.3. The second-order valence-corrected chi connectivity index (χ2v) is 9.65. The van der Waals surface area contributed by atoms with Crippen molar-refractivity contribution in [3.63, 3.8) is 0 Å². The van der Waals surface area contributed by atoms with E-state index in [-0.39, 0.29) is 24.2 Å². The van der Waals surface area contributed by atoms with Crippen LogP contribution in [0.25, 0.3) is 0 Å². The molecule has 6 atom stereocenters. The fourth-order valence-corrected chi connectivity index (χ4v) is 3.88. The number of aliphatic hydroxyl groups is 1. The minimum absolute atomic E-state index is 0.0152. The van der Waals surface area contributed by atoms with Gasteiger partial charge in [0.25, 0.3) is 0 Å². The van der Waals surface area contributed by atoms with Crippen molar-refractivity contribution in [2.45, 2.75) is 71.2 Å². The highest BCUT2D eigenvalue weighted by atomic mass is 16.6. The van der Waals surface area contributed by atoms with Gasteiger partial charge >= 0.3 is 12.1 Å². The monoisotopic (exact) mass is 484 g/mol. The van der Waals surface area contributed by atoms with Gasteiger partial charge in [-0.05, 0) is 49.5 Å². The number of allylic oxidation sites excluding steroid dienone is 3. The summed E-state index contributed by atoms with van der Waals surface area (Å²) in [6.07, 6.45) is 10.3. The molecule has 0 bridgehead atoms. The molecule has 0 aromatic carbocycles. The Morgan fingerprint density at radius 3 is 2.66 bits per heavy atom. The van der Waals surface area contributed by atoms with E-state index in [0.29, 0.717) is 12.8 Å². The van der Waals surface area contributed by atoms with Gasteiger partial charge in [-0.3, -0.25) is 9.78 Å². The highest BCUT2D eigenvalue weighted by Crippen LogP contribution is 2.25. The van der Waals surface area contributed by atoms with Crippen LogP contribution in [-0.2, 0) is 14.3 Å². The minimum Gasteiger partial charge on any atom is -0.457 e. The van der Waals surface area contributed by atoms with Gasteiger partial charge in [-0.15, -0.1) is 0 Å². The largest absolute Gasteiger partial charge is 0.457 e. The summed E-state index contributed by atoms with van der Waals surface area (Å²) in [7, 11) is 3.29. The number of cyclic esters (lactones) is 1. The van der Waals surface area contributed by atoms with E-state index in [1.54, 1.807) is 20.3 Å². The lowest BCUT2D eigenvalue weighted by atomic mass is 9.92. The number of aromatic nitrogens is 1. The first-order valence-corrected chi connectivity index (χ1v) is 12.3. The molecule has 7 nitrogen and oxygen atoms in total. The van der Waals surface area contributed by atoms with Crippen LogP contribution >= 0.6 is 0 Å². The minimum atomic E-state index is -0.807. The molecule has 0 radical (unpaired) electrons. The third-order valence-corrected chi connectivity index (χ3v) is 6.22. The molecular weight excluding hydrogens is 444 g/mol. The number of ether oxygens (including phenoxy) is 2. The molecule has 1 N–H and O–H groups in total. The molecule has 7 heteroatoms. The number of aliphatic hydroxyl groups excluding tert-OH is 1. The number of pyridine rings is 1. The molecule has 1 aromatic rings. The Hall–Kier alpha value is -2.93. The predicted octanol–water partition coefficient (Wildman–Crippen LogP) is 5.04. The van der Waals surface area contributed by atoms with Crippen molar-refractivity contribution in [3.8, 4) is 0 Å². The third kappa shape index (κ3) is 9.32. The van der Waals surface area contributed by atoms with Gasteiger partial charge in [0.15, 0.2) is 0 Å². The molecule has 2 heterocycles. The molecule has 192 valence electrons. The van der Waals surface area contributed by atoms with Crippen LogP contribution in [0, 0.1) is 11.8 Å². The summed E-state index contributed by atoms with van der Waals surface area (Å²) in [6, 6.07) is 5.84. The normalized spacial score (nSPS) is 28.4. The summed E-state index contributed by atoms with van der Waals surface area (Å²) >= 11 is 0. The van der Waals surface area contributed by atoms with E-state index < -0.39 is 30.4 Å². The molecular formula is C28H40N2O5. The average Bonchev–Trinajstić information content (AvgIpc) is 2.82.